The number of hydrogen-bond donors (Lipinski definition) is 1. The van der Waals surface area contributed by atoms with Gasteiger partial charge in [-0.3, -0.25) is 9.59 Å². The van der Waals surface area contributed by atoms with Gasteiger partial charge < -0.3 is 19.2 Å². The lowest BCUT2D eigenvalue weighted by Gasteiger charge is -2.36. The fourth-order valence-electron chi connectivity index (χ4n) is 4.42. The Balaban J connectivity index is 1.48. The van der Waals surface area contributed by atoms with Gasteiger partial charge in [-0.2, -0.15) is 0 Å². The van der Waals surface area contributed by atoms with Crippen molar-refractivity contribution in [3.05, 3.63) is 102 Å². The second kappa shape index (κ2) is 8.91. The third-order valence-electron chi connectivity index (χ3n) is 6.05. The van der Waals surface area contributed by atoms with Gasteiger partial charge in [0.15, 0.2) is 5.92 Å². The molecule has 6 nitrogen and oxygen atoms in total. The van der Waals surface area contributed by atoms with Gasteiger partial charge in [0.25, 0.3) is 5.79 Å². The highest BCUT2D eigenvalue weighted by Crippen LogP contribution is 2.41. The Morgan fingerprint density at radius 1 is 0.943 bits per heavy atom. The zero-order valence-corrected chi connectivity index (χ0v) is 19.3. The van der Waals surface area contributed by atoms with Crippen LogP contribution in [0.3, 0.4) is 0 Å². The van der Waals surface area contributed by atoms with Gasteiger partial charge in [-0.05, 0) is 47.0 Å². The second-order valence-electron chi connectivity index (χ2n) is 8.97. The van der Waals surface area contributed by atoms with Crippen molar-refractivity contribution >= 4 is 22.8 Å². The van der Waals surface area contributed by atoms with E-state index in [0.717, 1.165) is 27.6 Å². The molecule has 0 spiro atoms. The molecule has 1 aliphatic heterocycles. The first-order valence-corrected chi connectivity index (χ1v) is 11.3. The minimum Gasteiger partial charge on any atom is -0.489 e. The number of rotatable bonds is 6. The number of H-pyrrole nitrogens is 1. The van der Waals surface area contributed by atoms with Crippen molar-refractivity contribution in [1.29, 1.82) is 0 Å². The summed E-state index contributed by atoms with van der Waals surface area (Å²) in [6.45, 7) is 3.35. The summed E-state index contributed by atoms with van der Waals surface area (Å²) in [6, 6.07) is 21.0. The average molecular weight is 474 g/mol. The Morgan fingerprint density at radius 3 is 2.29 bits per heavy atom. The number of halogens is 1. The van der Waals surface area contributed by atoms with Gasteiger partial charge in [0.1, 0.15) is 18.2 Å². The molecule has 178 valence electrons. The molecule has 1 aromatic heterocycles. The van der Waals surface area contributed by atoms with E-state index >= 15 is 0 Å². The summed E-state index contributed by atoms with van der Waals surface area (Å²) in [7, 11) is 0. The summed E-state index contributed by atoms with van der Waals surface area (Å²) >= 11 is 0. The first-order valence-electron chi connectivity index (χ1n) is 11.3. The first kappa shape index (κ1) is 22.7. The van der Waals surface area contributed by atoms with Crippen LogP contribution in [0.4, 0.5) is 4.39 Å². The van der Waals surface area contributed by atoms with Crippen LogP contribution in [0.15, 0.2) is 79.0 Å². The number of carbonyl (C=O) groups is 2. The van der Waals surface area contributed by atoms with E-state index in [4.69, 9.17) is 14.2 Å². The molecule has 0 radical (unpaired) electrons. The number of para-hydroxylation sites is 1. The predicted octanol–water partition coefficient (Wildman–Crippen LogP) is 5.47. The van der Waals surface area contributed by atoms with Crippen molar-refractivity contribution in [3.63, 3.8) is 0 Å². The third-order valence-corrected chi connectivity index (χ3v) is 6.05. The Bertz CT molecular complexity index is 1350. The minimum atomic E-state index is -1.31. The molecule has 0 saturated carbocycles. The number of fused-ring (bicyclic) bond motifs is 1. The average Bonchev–Trinajstić information content (AvgIpc) is 3.25. The Morgan fingerprint density at radius 2 is 1.60 bits per heavy atom. The van der Waals surface area contributed by atoms with Crippen LogP contribution in [0, 0.1) is 11.7 Å². The number of aromatic nitrogens is 1. The summed E-state index contributed by atoms with van der Waals surface area (Å²) in [5.41, 5.74) is 3.26. The summed E-state index contributed by atoms with van der Waals surface area (Å²) in [5.74, 6) is -4.05. The van der Waals surface area contributed by atoms with Gasteiger partial charge in [0.2, 0.25) is 0 Å². The molecule has 0 aliphatic carbocycles. The lowest BCUT2D eigenvalue weighted by Crippen LogP contribution is -2.48. The summed E-state index contributed by atoms with van der Waals surface area (Å²) < 4.78 is 29.8. The van der Waals surface area contributed by atoms with Crippen LogP contribution in [0.2, 0.25) is 0 Å². The van der Waals surface area contributed by atoms with Crippen molar-refractivity contribution < 1.29 is 28.2 Å². The lowest BCUT2D eigenvalue weighted by molar-refractivity contribution is -0.240. The van der Waals surface area contributed by atoms with E-state index in [-0.39, 0.29) is 12.4 Å². The van der Waals surface area contributed by atoms with Gasteiger partial charge in [-0.1, -0.05) is 42.5 Å². The molecule has 2 heterocycles. The molecule has 0 amide bonds. The van der Waals surface area contributed by atoms with Crippen LogP contribution in [0.25, 0.3) is 10.9 Å². The number of ether oxygens (including phenoxy) is 3. The SMILES string of the molecule is CC1(C)OC(=O)C([C@H](c2ccc(OCc3ccc(F)cc3)cc2)c2c[nH]c3ccccc23)C(=O)O1. The standard InChI is InChI=1S/C28H24FNO5/c1-28(2)34-26(31)25(27(32)35-28)24(22-15-30-23-6-4-3-5-21(22)23)18-9-13-20(14-10-18)33-16-17-7-11-19(29)12-8-17/h3-15,24-25,30H,16H2,1-2H3/t24-/m1/s1. The lowest BCUT2D eigenvalue weighted by atomic mass is 9.80. The molecule has 3 aromatic carbocycles. The number of cyclic esters (lactones) is 2. The molecule has 1 N–H and O–H groups in total. The molecule has 1 fully saturated rings. The fourth-order valence-corrected chi connectivity index (χ4v) is 4.42. The Kier molecular flexibility index (Phi) is 5.76. The molecule has 35 heavy (non-hydrogen) atoms. The van der Waals surface area contributed by atoms with Crippen molar-refractivity contribution in [2.75, 3.05) is 0 Å². The van der Waals surface area contributed by atoms with E-state index in [0.29, 0.717) is 5.75 Å². The molecule has 4 aromatic rings. The predicted molar refractivity (Wildman–Crippen MR) is 127 cm³/mol. The zero-order valence-electron chi connectivity index (χ0n) is 19.3. The van der Waals surface area contributed by atoms with Gasteiger partial charge in [-0.25, -0.2) is 4.39 Å². The second-order valence-corrected chi connectivity index (χ2v) is 8.97. The van der Waals surface area contributed by atoms with Crippen molar-refractivity contribution in [2.45, 2.75) is 32.2 Å². The number of benzene rings is 3. The molecule has 1 aliphatic rings. The first-order chi connectivity index (χ1) is 16.8. The topological polar surface area (TPSA) is 77.6 Å². The van der Waals surface area contributed by atoms with Gasteiger partial charge in [0, 0.05) is 36.9 Å². The van der Waals surface area contributed by atoms with Crippen LogP contribution in [-0.2, 0) is 25.7 Å². The maximum absolute atomic E-state index is 13.1. The van der Waals surface area contributed by atoms with Crippen LogP contribution >= 0.6 is 0 Å². The molecule has 0 unspecified atom stereocenters. The molecule has 1 atom stereocenters. The number of carbonyl (C=O) groups excluding carboxylic acids is 2. The quantitative estimate of drug-likeness (QED) is 0.297. The highest BCUT2D eigenvalue weighted by atomic mass is 19.1. The molecule has 1 saturated heterocycles. The van der Waals surface area contributed by atoms with E-state index in [1.807, 2.05) is 42.6 Å². The number of aromatic amines is 1. The molecule has 7 heteroatoms. The summed E-state index contributed by atoms with van der Waals surface area (Å²) in [6.07, 6.45) is 1.81. The van der Waals surface area contributed by atoms with Crippen LogP contribution in [-0.4, -0.2) is 22.7 Å². The van der Waals surface area contributed by atoms with E-state index in [2.05, 4.69) is 4.98 Å². The summed E-state index contributed by atoms with van der Waals surface area (Å²) in [5, 5.41) is 0.902. The van der Waals surface area contributed by atoms with Crippen molar-refractivity contribution in [1.82, 2.24) is 4.98 Å². The Hall–Kier alpha value is -4.13. The zero-order chi connectivity index (χ0) is 24.6. The van der Waals surface area contributed by atoms with E-state index < -0.39 is 29.6 Å². The molecular weight excluding hydrogens is 449 g/mol. The highest BCUT2D eigenvalue weighted by Gasteiger charge is 2.48. The normalized spacial score (nSPS) is 16.5. The maximum Gasteiger partial charge on any atom is 0.324 e. The maximum atomic E-state index is 13.1. The highest BCUT2D eigenvalue weighted by molar-refractivity contribution is 5.99. The third kappa shape index (κ3) is 4.62. The number of nitrogens with one attached hydrogen (secondary N) is 1. The minimum absolute atomic E-state index is 0.280. The van der Waals surface area contributed by atoms with E-state index in [1.54, 1.807) is 24.3 Å². The largest absolute Gasteiger partial charge is 0.489 e. The molecule has 0 bridgehead atoms. The van der Waals surface area contributed by atoms with Crippen LogP contribution in [0.1, 0.15) is 36.5 Å². The van der Waals surface area contributed by atoms with Gasteiger partial charge in [0.05, 0.1) is 0 Å². The number of hydrogen-bond acceptors (Lipinski definition) is 5. The smallest absolute Gasteiger partial charge is 0.324 e. The van der Waals surface area contributed by atoms with Crippen LogP contribution in [0.5, 0.6) is 5.75 Å². The Labute approximate surface area is 201 Å². The number of esters is 2. The monoisotopic (exact) mass is 473 g/mol. The van der Waals surface area contributed by atoms with E-state index in [1.165, 1.54) is 26.0 Å². The van der Waals surface area contributed by atoms with E-state index in [9.17, 15) is 14.0 Å². The molecular formula is C28H24FNO5. The molecule has 5 rings (SSSR count). The summed E-state index contributed by atoms with van der Waals surface area (Å²) in [4.78, 5) is 29.3. The van der Waals surface area contributed by atoms with Gasteiger partial charge >= 0.3 is 11.9 Å². The van der Waals surface area contributed by atoms with Crippen molar-refractivity contribution in [2.24, 2.45) is 5.92 Å². The van der Waals surface area contributed by atoms with Crippen LogP contribution < -0.4 is 4.74 Å². The fraction of sp³-hybridized carbons (Fsp3) is 0.214. The van der Waals surface area contributed by atoms with Crippen molar-refractivity contribution in [3.8, 4) is 5.75 Å². The van der Waals surface area contributed by atoms with Gasteiger partial charge in [-0.15, -0.1) is 0 Å².